The summed E-state index contributed by atoms with van der Waals surface area (Å²) >= 11 is 12.4. The Morgan fingerprint density at radius 3 is 2.41 bits per heavy atom. The Morgan fingerprint density at radius 1 is 1.09 bits per heavy atom. The minimum atomic E-state index is -4.86. The highest BCUT2D eigenvalue weighted by molar-refractivity contribution is 6.35. The molecule has 46 heavy (non-hydrogen) atoms. The van der Waals surface area contributed by atoms with Gasteiger partial charge in [0.05, 0.1) is 11.4 Å². The van der Waals surface area contributed by atoms with Gasteiger partial charge in [0.2, 0.25) is 17.9 Å². The first-order valence-electron chi connectivity index (χ1n) is 14.5. The monoisotopic (exact) mass is 675 g/mol. The van der Waals surface area contributed by atoms with Crippen LogP contribution in [-0.2, 0) is 4.79 Å². The molecular formula is C31H30Cl2F3N7O3. The molecule has 2 aliphatic rings. The van der Waals surface area contributed by atoms with Gasteiger partial charge in [-0.3, -0.25) is 4.79 Å². The van der Waals surface area contributed by atoms with Crippen molar-refractivity contribution in [2.45, 2.75) is 44.5 Å². The number of carboxylic acid groups (broad SMARTS) is 1. The Hall–Kier alpha value is -4.07. The van der Waals surface area contributed by atoms with E-state index in [-0.39, 0.29) is 28.5 Å². The summed E-state index contributed by atoms with van der Waals surface area (Å²) in [4.78, 5) is 21.6. The van der Waals surface area contributed by atoms with Crippen LogP contribution in [0.25, 0.3) is 16.8 Å². The van der Waals surface area contributed by atoms with Gasteiger partial charge in [0.25, 0.3) is 0 Å². The average molecular weight is 677 g/mol. The topological polar surface area (TPSA) is 131 Å². The van der Waals surface area contributed by atoms with Crippen LogP contribution < -0.4 is 20.7 Å². The highest BCUT2D eigenvalue weighted by atomic mass is 35.5. The SMILES string of the molecule is Cc1ccn(-c2cc(-c3cc(Cl)cc(Cl)c3)ccc2C(Oc2cc(N3CCC4(CC3)CNC(C(=O)O)C4)nc(N)n2)C(F)(F)F)n1. The maximum absolute atomic E-state index is 14.8. The van der Waals surface area contributed by atoms with Gasteiger partial charge in [0.15, 0.2) is 0 Å². The first kappa shape index (κ1) is 31.9. The van der Waals surface area contributed by atoms with Crippen LogP contribution in [0, 0.1) is 12.3 Å². The van der Waals surface area contributed by atoms with Crippen molar-refractivity contribution in [2.24, 2.45) is 5.41 Å². The fourth-order valence-electron chi connectivity index (χ4n) is 6.18. The Balaban J connectivity index is 1.31. The number of aliphatic carboxylic acids is 1. The molecule has 15 heteroatoms. The highest BCUT2D eigenvalue weighted by Gasteiger charge is 2.46. The van der Waals surface area contributed by atoms with Crippen LogP contribution >= 0.6 is 23.2 Å². The zero-order valence-electron chi connectivity index (χ0n) is 24.6. The van der Waals surface area contributed by atoms with Crippen LogP contribution in [0.2, 0.25) is 10.0 Å². The van der Waals surface area contributed by atoms with Crippen molar-refractivity contribution in [3.63, 3.8) is 0 Å². The van der Waals surface area contributed by atoms with Gasteiger partial charge in [-0.1, -0.05) is 35.3 Å². The third-order valence-corrected chi connectivity index (χ3v) is 8.96. The van der Waals surface area contributed by atoms with E-state index in [4.69, 9.17) is 33.7 Å². The molecule has 2 fully saturated rings. The summed E-state index contributed by atoms with van der Waals surface area (Å²) in [5.74, 6) is -1.13. The number of hydrogen-bond acceptors (Lipinski definition) is 8. The summed E-state index contributed by atoms with van der Waals surface area (Å²) in [6.07, 6.45) is -3.83. The van der Waals surface area contributed by atoms with Crippen LogP contribution in [-0.4, -0.2) is 62.7 Å². The molecular weight excluding hydrogens is 646 g/mol. The molecule has 0 aliphatic carbocycles. The van der Waals surface area contributed by atoms with Gasteiger partial charge in [-0.2, -0.15) is 28.2 Å². The Bertz CT molecular complexity index is 1760. The van der Waals surface area contributed by atoms with E-state index in [1.165, 1.54) is 22.9 Å². The molecule has 10 nitrogen and oxygen atoms in total. The average Bonchev–Trinajstić information content (AvgIpc) is 3.61. The van der Waals surface area contributed by atoms with Crippen LogP contribution in [0.3, 0.4) is 0 Å². The summed E-state index contributed by atoms with van der Waals surface area (Å²) in [7, 11) is 0. The normalized spacial score (nSPS) is 18.6. The number of nitrogens with two attached hydrogens (primary N) is 1. The van der Waals surface area contributed by atoms with E-state index in [0.29, 0.717) is 71.6 Å². The molecule has 2 aromatic heterocycles. The van der Waals surface area contributed by atoms with Crippen LogP contribution in [0.15, 0.2) is 54.7 Å². The van der Waals surface area contributed by atoms with E-state index in [2.05, 4.69) is 20.4 Å². The first-order chi connectivity index (χ1) is 21.8. The van der Waals surface area contributed by atoms with Gasteiger partial charge >= 0.3 is 12.1 Å². The zero-order chi connectivity index (χ0) is 32.8. The lowest BCUT2D eigenvalue weighted by Gasteiger charge is -2.39. The number of carboxylic acids is 1. The number of aryl methyl sites for hydroxylation is 1. The van der Waals surface area contributed by atoms with Crippen LogP contribution in [0.5, 0.6) is 5.88 Å². The number of rotatable bonds is 7. The Labute approximate surface area is 272 Å². The standard InChI is InChI=1S/C31H30Cl2F3N7O3/c1-17-4-7-43(41-17)24-12-18(19-10-20(32)13-21(33)11-19)2-3-22(24)27(31(34,35)36)46-26-14-25(39-29(37)40-26)42-8-5-30(6-9-42)15-23(28(44)45)38-16-30/h2-4,7,10-14,23,27,38H,5-6,8-9,15-16H2,1H3,(H,44,45)(H2,37,39,40). The lowest BCUT2D eigenvalue weighted by molar-refractivity contribution is -0.198. The molecule has 6 rings (SSSR count). The number of anilines is 2. The summed E-state index contributed by atoms with van der Waals surface area (Å²) in [6, 6.07) is 11.8. The van der Waals surface area contributed by atoms with Gasteiger partial charge in [-0.15, -0.1) is 0 Å². The van der Waals surface area contributed by atoms with E-state index in [0.717, 1.165) is 0 Å². The maximum atomic E-state index is 14.8. The Kier molecular flexibility index (Phi) is 8.51. The molecule has 0 amide bonds. The smallest absolute Gasteiger partial charge is 0.429 e. The van der Waals surface area contributed by atoms with Crippen LogP contribution in [0.1, 0.15) is 36.6 Å². The molecule has 0 bridgehead atoms. The number of piperidine rings is 1. The number of alkyl halides is 3. The van der Waals surface area contributed by atoms with Crippen molar-refractivity contribution in [1.29, 1.82) is 0 Å². The van der Waals surface area contributed by atoms with Crippen molar-refractivity contribution < 1.29 is 27.8 Å². The second kappa shape index (κ2) is 12.3. The minimum absolute atomic E-state index is 0.137. The van der Waals surface area contributed by atoms with E-state index < -0.39 is 24.3 Å². The van der Waals surface area contributed by atoms with Crippen LogP contribution in [0.4, 0.5) is 24.9 Å². The molecule has 2 saturated heterocycles. The van der Waals surface area contributed by atoms with Gasteiger partial charge < -0.3 is 25.8 Å². The fourth-order valence-corrected chi connectivity index (χ4v) is 6.70. The molecule has 0 saturated carbocycles. The summed E-state index contributed by atoms with van der Waals surface area (Å²) in [5.41, 5.74) is 7.53. The molecule has 242 valence electrons. The van der Waals surface area contributed by atoms with Crippen molar-refractivity contribution in [2.75, 3.05) is 30.3 Å². The number of benzene rings is 2. The molecule has 2 aliphatic heterocycles. The number of aromatic nitrogens is 4. The summed E-state index contributed by atoms with van der Waals surface area (Å²) in [5, 5.41) is 17.6. The highest BCUT2D eigenvalue weighted by Crippen LogP contribution is 2.43. The molecule has 4 aromatic rings. The Morgan fingerprint density at radius 2 is 1.80 bits per heavy atom. The van der Waals surface area contributed by atoms with Gasteiger partial charge in [0.1, 0.15) is 11.9 Å². The molecule has 2 atom stereocenters. The first-order valence-corrected chi connectivity index (χ1v) is 15.3. The van der Waals surface area contributed by atoms with Crippen molar-refractivity contribution in [3.8, 4) is 22.7 Å². The number of nitrogen functional groups attached to an aromatic ring is 1. The third-order valence-electron chi connectivity index (χ3n) is 8.53. The molecule has 4 heterocycles. The number of hydrogen-bond donors (Lipinski definition) is 3. The number of nitrogens with zero attached hydrogens (tertiary/aromatic N) is 5. The summed E-state index contributed by atoms with van der Waals surface area (Å²) < 4.78 is 51.4. The maximum Gasteiger partial charge on any atom is 0.429 e. The predicted octanol–water partition coefficient (Wildman–Crippen LogP) is 6.24. The molecule has 2 unspecified atom stereocenters. The predicted molar refractivity (Wildman–Crippen MR) is 168 cm³/mol. The van der Waals surface area contributed by atoms with Gasteiger partial charge in [-0.05, 0) is 73.1 Å². The lowest BCUT2D eigenvalue weighted by atomic mass is 9.76. The largest absolute Gasteiger partial charge is 0.480 e. The fraction of sp³-hybridized carbons (Fsp3) is 0.355. The second-order valence-electron chi connectivity index (χ2n) is 11.8. The van der Waals surface area contributed by atoms with E-state index in [1.54, 1.807) is 43.5 Å². The van der Waals surface area contributed by atoms with Crippen molar-refractivity contribution in [1.82, 2.24) is 25.1 Å². The van der Waals surface area contributed by atoms with Gasteiger partial charge in [0, 0.05) is 47.5 Å². The molecule has 1 spiro atoms. The molecule has 0 radical (unpaired) electrons. The third kappa shape index (κ3) is 6.72. The number of halogens is 5. The van der Waals surface area contributed by atoms with E-state index in [9.17, 15) is 23.1 Å². The summed E-state index contributed by atoms with van der Waals surface area (Å²) in [6.45, 7) is 3.36. The second-order valence-corrected chi connectivity index (χ2v) is 12.6. The lowest BCUT2D eigenvalue weighted by Crippen LogP contribution is -2.41. The minimum Gasteiger partial charge on any atom is -0.480 e. The number of ether oxygens (including phenoxy) is 1. The molecule has 2 aromatic carbocycles. The van der Waals surface area contributed by atoms with Gasteiger partial charge in [-0.25, -0.2) is 4.68 Å². The van der Waals surface area contributed by atoms with E-state index in [1.807, 2.05) is 4.90 Å². The number of nitrogens with one attached hydrogen (secondary N) is 1. The quantitative estimate of drug-likeness (QED) is 0.208. The number of carbonyl (C=O) groups is 1. The zero-order valence-corrected chi connectivity index (χ0v) is 26.1. The van der Waals surface area contributed by atoms with E-state index >= 15 is 0 Å². The molecule has 4 N–H and O–H groups in total. The van der Waals surface area contributed by atoms with Crippen molar-refractivity contribution in [3.05, 3.63) is 76.0 Å². The van der Waals surface area contributed by atoms with Crippen molar-refractivity contribution >= 4 is 40.9 Å².